The van der Waals surface area contributed by atoms with Crippen LogP contribution in [0.3, 0.4) is 0 Å². The third-order valence-electron chi connectivity index (χ3n) is 3.93. The number of halogens is 3. The first-order valence-electron chi connectivity index (χ1n) is 8.81. The summed E-state index contributed by atoms with van der Waals surface area (Å²) in [5.41, 5.74) is 2.44. The van der Waals surface area contributed by atoms with Crippen molar-refractivity contribution in [3.05, 3.63) is 65.2 Å². The van der Waals surface area contributed by atoms with Crippen LogP contribution < -0.4 is 20.7 Å². The van der Waals surface area contributed by atoms with Crippen LogP contribution in [-0.2, 0) is 13.0 Å². The molecule has 3 N–H and O–H groups in total. The normalized spacial score (nSPS) is 10.9. The van der Waals surface area contributed by atoms with Gasteiger partial charge >= 0.3 is 6.61 Å². The summed E-state index contributed by atoms with van der Waals surface area (Å²) in [5, 5.41) is 8.91. The van der Waals surface area contributed by atoms with E-state index < -0.39 is 6.61 Å². The Balaban J connectivity index is 0.00000420. The number of alkyl halides is 2. The number of benzene rings is 2. The van der Waals surface area contributed by atoms with E-state index in [9.17, 15) is 13.6 Å². The van der Waals surface area contributed by atoms with Crippen LogP contribution in [0.5, 0.6) is 5.75 Å². The highest BCUT2D eigenvalue weighted by molar-refractivity contribution is 14.0. The fourth-order valence-electron chi connectivity index (χ4n) is 2.58. The van der Waals surface area contributed by atoms with E-state index in [1.165, 1.54) is 6.07 Å². The lowest BCUT2D eigenvalue weighted by atomic mass is 10.1. The van der Waals surface area contributed by atoms with Gasteiger partial charge in [0, 0.05) is 32.7 Å². The lowest BCUT2D eigenvalue weighted by Crippen LogP contribution is -2.37. The van der Waals surface area contributed by atoms with Crippen molar-refractivity contribution in [1.29, 1.82) is 0 Å². The van der Waals surface area contributed by atoms with Crippen LogP contribution in [0.25, 0.3) is 0 Å². The van der Waals surface area contributed by atoms with Crippen LogP contribution >= 0.6 is 24.0 Å². The van der Waals surface area contributed by atoms with Gasteiger partial charge in [0.1, 0.15) is 5.75 Å². The molecule has 2 aromatic rings. The minimum atomic E-state index is -2.85. The lowest BCUT2D eigenvalue weighted by Gasteiger charge is -2.13. The molecule has 0 saturated carbocycles. The Morgan fingerprint density at radius 2 is 1.83 bits per heavy atom. The summed E-state index contributed by atoms with van der Waals surface area (Å²) in [7, 11) is 3.25. The van der Waals surface area contributed by atoms with Crippen LogP contribution in [0, 0.1) is 0 Å². The van der Waals surface area contributed by atoms with Crippen molar-refractivity contribution in [3.8, 4) is 5.75 Å². The van der Waals surface area contributed by atoms with Crippen LogP contribution in [-0.4, -0.2) is 39.1 Å². The fourth-order valence-corrected chi connectivity index (χ4v) is 2.58. The van der Waals surface area contributed by atoms with E-state index >= 15 is 0 Å². The van der Waals surface area contributed by atoms with E-state index in [4.69, 9.17) is 0 Å². The predicted octanol–water partition coefficient (Wildman–Crippen LogP) is 3.17. The summed E-state index contributed by atoms with van der Waals surface area (Å²) in [6.45, 7) is -1.82. The first-order chi connectivity index (χ1) is 13.5. The molecular formula is C20H25F2IN4O2. The fraction of sp³-hybridized carbons (Fsp3) is 0.300. The third-order valence-corrected chi connectivity index (χ3v) is 3.93. The van der Waals surface area contributed by atoms with Gasteiger partial charge in [-0.05, 0) is 41.8 Å². The lowest BCUT2D eigenvalue weighted by molar-refractivity contribution is -0.0498. The molecule has 0 aromatic heterocycles. The molecular weight excluding hydrogens is 493 g/mol. The number of hydrogen-bond acceptors (Lipinski definition) is 3. The molecule has 0 aliphatic heterocycles. The van der Waals surface area contributed by atoms with Gasteiger partial charge in [0.15, 0.2) is 5.96 Å². The molecule has 158 valence electrons. The summed E-state index contributed by atoms with van der Waals surface area (Å²) < 4.78 is 29.0. The number of aliphatic imine (C=N–C) groups is 1. The summed E-state index contributed by atoms with van der Waals surface area (Å²) in [6, 6.07) is 13.9. The summed E-state index contributed by atoms with van der Waals surface area (Å²) in [6.07, 6.45) is 0.712. The van der Waals surface area contributed by atoms with Crippen LogP contribution in [0.4, 0.5) is 8.78 Å². The minimum absolute atomic E-state index is 0. The number of guanidine groups is 1. The molecule has 0 unspecified atom stereocenters. The van der Waals surface area contributed by atoms with Gasteiger partial charge < -0.3 is 20.7 Å². The topological polar surface area (TPSA) is 74.8 Å². The Hall–Kier alpha value is -2.43. The maximum atomic E-state index is 12.3. The predicted molar refractivity (Wildman–Crippen MR) is 120 cm³/mol. The van der Waals surface area contributed by atoms with Crippen LogP contribution in [0.15, 0.2) is 53.5 Å². The van der Waals surface area contributed by atoms with Gasteiger partial charge in [-0.15, -0.1) is 24.0 Å². The highest BCUT2D eigenvalue weighted by atomic mass is 127. The molecule has 0 spiro atoms. The molecule has 0 fully saturated rings. The Morgan fingerprint density at radius 3 is 2.52 bits per heavy atom. The number of rotatable bonds is 8. The summed E-state index contributed by atoms with van der Waals surface area (Å²) in [4.78, 5) is 15.8. The Labute approximate surface area is 186 Å². The second-order valence-electron chi connectivity index (χ2n) is 5.91. The third kappa shape index (κ3) is 8.63. The molecule has 0 atom stereocenters. The molecule has 0 radical (unpaired) electrons. The second kappa shape index (κ2) is 12.9. The summed E-state index contributed by atoms with van der Waals surface area (Å²) >= 11 is 0. The molecule has 0 saturated heterocycles. The highest BCUT2D eigenvalue weighted by Crippen LogP contribution is 2.15. The first-order valence-corrected chi connectivity index (χ1v) is 8.81. The Kier molecular flexibility index (Phi) is 11.0. The maximum Gasteiger partial charge on any atom is 0.387 e. The number of nitrogens with zero attached hydrogens (tertiary/aromatic N) is 1. The molecule has 29 heavy (non-hydrogen) atoms. The van der Waals surface area contributed by atoms with Gasteiger partial charge in [0.2, 0.25) is 0 Å². The van der Waals surface area contributed by atoms with Gasteiger partial charge in [0.05, 0.1) is 0 Å². The first kappa shape index (κ1) is 24.6. The Morgan fingerprint density at radius 1 is 1.10 bits per heavy atom. The van der Waals surface area contributed by atoms with Crippen molar-refractivity contribution in [2.75, 3.05) is 20.6 Å². The number of ether oxygens (including phenoxy) is 1. The van der Waals surface area contributed by atoms with Crippen molar-refractivity contribution in [2.45, 2.75) is 19.6 Å². The monoisotopic (exact) mass is 518 g/mol. The minimum Gasteiger partial charge on any atom is -0.435 e. The number of carbonyl (C=O) groups is 1. The van der Waals surface area contributed by atoms with Gasteiger partial charge in [-0.2, -0.15) is 8.78 Å². The number of nitrogens with one attached hydrogen (secondary N) is 3. The van der Waals surface area contributed by atoms with E-state index in [2.05, 4.69) is 25.7 Å². The molecule has 2 aromatic carbocycles. The molecule has 9 heteroatoms. The largest absolute Gasteiger partial charge is 0.435 e. The molecule has 0 bridgehead atoms. The maximum absolute atomic E-state index is 12.3. The standard InChI is InChI=1S/C20H24F2N4O2.HI/c1-23-18(27)16-7-3-5-14(11-16)9-10-25-20(24-2)26-13-15-6-4-8-17(12-15)28-19(21)22;/h3-8,11-12,19H,9-10,13H2,1-2H3,(H,23,27)(H2,24,25,26);1H. The van der Waals surface area contributed by atoms with Crippen LogP contribution in [0.1, 0.15) is 21.5 Å². The average molecular weight is 518 g/mol. The second-order valence-corrected chi connectivity index (χ2v) is 5.91. The van der Waals surface area contributed by atoms with E-state index in [0.717, 1.165) is 11.1 Å². The zero-order valence-corrected chi connectivity index (χ0v) is 18.6. The number of hydrogen-bond donors (Lipinski definition) is 3. The van der Waals surface area contributed by atoms with Gasteiger partial charge in [-0.1, -0.05) is 24.3 Å². The molecule has 0 heterocycles. The van der Waals surface area contributed by atoms with E-state index in [1.807, 2.05) is 24.3 Å². The van der Waals surface area contributed by atoms with E-state index in [1.54, 1.807) is 32.3 Å². The highest BCUT2D eigenvalue weighted by Gasteiger charge is 2.06. The zero-order valence-electron chi connectivity index (χ0n) is 16.2. The van der Waals surface area contributed by atoms with Crippen molar-refractivity contribution >= 4 is 35.8 Å². The quantitative estimate of drug-likeness (QED) is 0.285. The average Bonchev–Trinajstić information content (AvgIpc) is 2.70. The molecule has 0 aliphatic rings. The molecule has 0 aliphatic carbocycles. The van der Waals surface area contributed by atoms with Gasteiger partial charge in [0.25, 0.3) is 5.91 Å². The summed E-state index contributed by atoms with van der Waals surface area (Å²) in [5.74, 6) is 0.584. The van der Waals surface area contributed by atoms with Crippen molar-refractivity contribution in [1.82, 2.24) is 16.0 Å². The van der Waals surface area contributed by atoms with Gasteiger partial charge in [-0.3, -0.25) is 9.79 Å². The molecule has 2 rings (SSSR count). The number of amides is 1. The SMILES string of the molecule is CN=C(NCCc1cccc(C(=O)NC)c1)NCc1cccc(OC(F)F)c1.I. The molecule has 1 amide bonds. The van der Waals surface area contributed by atoms with E-state index in [0.29, 0.717) is 31.0 Å². The van der Waals surface area contributed by atoms with Crippen molar-refractivity contribution in [2.24, 2.45) is 4.99 Å². The van der Waals surface area contributed by atoms with E-state index in [-0.39, 0.29) is 35.6 Å². The van der Waals surface area contributed by atoms with Crippen molar-refractivity contribution in [3.63, 3.8) is 0 Å². The van der Waals surface area contributed by atoms with Gasteiger partial charge in [-0.25, -0.2) is 0 Å². The number of carbonyl (C=O) groups excluding carboxylic acids is 1. The van der Waals surface area contributed by atoms with Crippen LogP contribution in [0.2, 0.25) is 0 Å². The molecule has 6 nitrogen and oxygen atoms in total. The van der Waals surface area contributed by atoms with Crippen molar-refractivity contribution < 1.29 is 18.3 Å². The Bertz CT molecular complexity index is 819. The smallest absolute Gasteiger partial charge is 0.387 e. The zero-order chi connectivity index (χ0) is 20.4.